The van der Waals surface area contributed by atoms with Gasteiger partial charge >= 0.3 is 0 Å². The molecule has 2 amide bonds. The van der Waals surface area contributed by atoms with Crippen LogP contribution in [0.5, 0.6) is 0 Å². The number of pyridine rings is 1. The van der Waals surface area contributed by atoms with Crippen LogP contribution in [0.1, 0.15) is 70.8 Å². The maximum Gasteiger partial charge on any atom is 0.224 e. The van der Waals surface area contributed by atoms with Crippen LogP contribution in [0.3, 0.4) is 0 Å². The van der Waals surface area contributed by atoms with Crippen molar-refractivity contribution in [2.45, 2.75) is 78.2 Å². The number of carbonyl (C=O) groups is 2. The summed E-state index contributed by atoms with van der Waals surface area (Å²) in [4.78, 5) is 34.3. The number of amides is 2. The number of fused-ring (bicyclic) bond motifs is 1. The lowest BCUT2D eigenvalue weighted by Crippen LogP contribution is -2.39. The number of hydrogen-bond acceptors (Lipinski definition) is 4. The topological polar surface area (TPSA) is 65.5 Å². The molecule has 4 rings (SSSR count). The Morgan fingerprint density at radius 1 is 1.06 bits per heavy atom. The van der Waals surface area contributed by atoms with Crippen LogP contribution < -0.4 is 10.2 Å². The number of piperidine rings is 1. The summed E-state index contributed by atoms with van der Waals surface area (Å²) in [6.07, 6.45) is 7.53. The minimum Gasteiger partial charge on any atom is -0.356 e. The van der Waals surface area contributed by atoms with Crippen LogP contribution in [-0.2, 0) is 9.59 Å². The van der Waals surface area contributed by atoms with Gasteiger partial charge in [-0.2, -0.15) is 0 Å². The maximum absolute atomic E-state index is 12.6. The molecule has 0 radical (unpaired) electrons. The highest BCUT2D eigenvalue weighted by Crippen LogP contribution is 2.29. The van der Waals surface area contributed by atoms with Crippen molar-refractivity contribution in [2.75, 3.05) is 30.4 Å². The molecule has 1 saturated heterocycles. The van der Waals surface area contributed by atoms with Crippen LogP contribution >= 0.6 is 0 Å². The van der Waals surface area contributed by atoms with Crippen molar-refractivity contribution in [1.82, 2.24) is 9.88 Å². The molecule has 0 spiro atoms. The lowest BCUT2D eigenvalue weighted by molar-refractivity contribution is -0.134. The van der Waals surface area contributed by atoms with Gasteiger partial charge in [0.25, 0.3) is 0 Å². The molecule has 0 unspecified atom stereocenters. The van der Waals surface area contributed by atoms with E-state index in [1.54, 1.807) is 0 Å². The summed E-state index contributed by atoms with van der Waals surface area (Å²) in [5, 5.41) is 4.03. The summed E-state index contributed by atoms with van der Waals surface area (Å²) in [5.41, 5.74) is 2.86. The molecule has 2 aromatic rings. The fourth-order valence-electron chi connectivity index (χ4n) is 5.76. The number of aromatic nitrogens is 1. The Kier molecular flexibility index (Phi) is 7.74. The van der Waals surface area contributed by atoms with Crippen molar-refractivity contribution in [3.05, 3.63) is 29.8 Å². The minimum absolute atomic E-state index is 0.0643. The van der Waals surface area contributed by atoms with Crippen LogP contribution in [0, 0.1) is 18.8 Å². The van der Waals surface area contributed by atoms with Gasteiger partial charge in [-0.25, -0.2) is 4.98 Å². The highest BCUT2D eigenvalue weighted by Gasteiger charge is 2.24. The van der Waals surface area contributed by atoms with Crippen LogP contribution in [-0.4, -0.2) is 47.9 Å². The van der Waals surface area contributed by atoms with E-state index in [9.17, 15) is 9.59 Å². The van der Waals surface area contributed by atoms with Gasteiger partial charge in [-0.15, -0.1) is 0 Å². The van der Waals surface area contributed by atoms with Crippen molar-refractivity contribution >= 4 is 34.2 Å². The molecule has 6 nitrogen and oxygen atoms in total. The second kappa shape index (κ2) is 10.7. The van der Waals surface area contributed by atoms with Gasteiger partial charge in [0.1, 0.15) is 5.82 Å². The molecule has 1 aliphatic heterocycles. The summed E-state index contributed by atoms with van der Waals surface area (Å²) in [6.45, 7) is 8.83. The van der Waals surface area contributed by atoms with Crippen LogP contribution in [0.25, 0.3) is 10.9 Å². The third-order valence-electron chi connectivity index (χ3n) is 7.56. The van der Waals surface area contributed by atoms with E-state index in [1.807, 2.05) is 30.1 Å². The summed E-state index contributed by atoms with van der Waals surface area (Å²) in [7, 11) is 1.88. The Morgan fingerprint density at radius 3 is 2.47 bits per heavy atom. The number of nitrogens with one attached hydrogen (secondary N) is 1. The first-order chi connectivity index (χ1) is 16.3. The summed E-state index contributed by atoms with van der Waals surface area (Å²) in [6, 6.07) is 8.39. The Balaban J connectivity index is 1.37. The number of rotatable bonds is 6. The molecular weight excluding hydrogens is 424 g/mol. The zero-order valence-electron chi connectivity index (χ0n) is 21.3. The lowest BCUT2D eigenvalue weighted by Gasteiger charge is -2.36. The highest BCUT2D eigenvalue weighted by atomic mass is 16.2. The van der Waals surface area contributed by atoms with E-state index in [-0.39, 0.29) is 24.7 Å². The number of benzene rings is 1. The first-order valence-electron chi connectivity index (χ1n) is 13.0. The second-order valence-electron chi connectivity index (χ2n) is 10.7. The number of nitrogens with zero attached hydrogens (tertiary/aromatic N) is 3. The molecule has 1 aromatic carbocycles. The minimum atomic E-state index is -0.122. The molecule has 184 valence electrons. The molecule has 1 aromatic heterocycles. The molecule has 0 bridgehead atoms. The largest absolute Gasteiger partial charge is 0.356 e. The fraction of sp³-hybridized carbons (Fsp3) is 0.607. The Morgan fingerprint density at radius 2 is 1.76 bits per heavy atom. The Hall–Kier alpha value is -2.63. The van der Waals surface area contributed by atoms with Gasteiger partial charge in [0.05, 0.1) is 5.52 Å². The standard InChI is InChI=1S/C28H40N4O2/c1-19-14-20(2)18-32(17-19)26-15-21(3)24-16-22(10-11-25(24)30-26)29-27(33)12-13-28(34)31(4)23-8-6-5-7-9-23/h10-11,15-16,19-20,23H,5-9,12-14,17-18H2,1-4H3,(H,29,33)/t19-,20+. The quantitative estimate of drug-likeness (QED) is 0.610. The molecule has 34 heavy (non-hydrogen) atoms. The lowest BCUT2D eigenvalue weighted by atomic mass is 9.92. The van der Waals surface area contributed by atoms with Gasteiger partial charge in [0, 0.05) is 50.1 Å². The predicted octanol–water partition coefficient (Wildman–Crippen LogP) is 5.54. The van der Waals surface area contributed by atoms with Gasteiger partial charge in [0.15, 0.2) is 0 Å². The molecule has 1 aliphatic carbocycles. The van der Waals surface area contributed by atoms with E-state index in [2.05, 4.69) is 37.1 Å². The fourth-order valence-corrected chi connectivity index (χ4v) is 5.76. The smallest absolute Gasteiger partial charge is 0.224 e. The summed E-state index contributed by atoms with van der Waals surface area (Å²) < 4.78 is 0. The van der Waals surface area contributed by atoms with Crippen molar-refractivity contribution in [1.29, 1.82) is 0 Å². The van der Waals surface area contributed by atoms with Crippen molar-refractivity contribution in [2.24, 2.45) is 11.8 Å². The average Bonchev–Trinajstić information content (AvgIpc) is 2.82. The number of aryl methyl sites for hydroxylation is 1. The number of hydrogen-bond donors (Lipinski definition) is 1. The highest BCUT2D eigenvalue weighted by molar-refractivity contribution is 5.96. The van der Waals surface area contributed by atoms with E-state index < -0.39 is 0 Å². The zero-order chi connectivity index (χ0) is 24.2. The monoisotopic (exact) mass is 464 g/mol. The van der Waals surface area contributed by atoms with Gasteiger partial charge in [-0.3, -0.25) is 9.59 Å². The maximum atomic E-state index is 12.6. The van der Waals surface area contributed by atoms with Gasteiger partial charge in [-0.1, -0.05) is 33.1 Å². The van der Waals surface area contributed by atoms with Crippen LogP contribution in [0.15, 0.2) is 24.3 Å². The molecular formula is C28H40N4O2. The van der Waals surface area contributed by atoms with E-state index >= 15 is 0 Å². The first-order valence-corrected chi connectivity index (χ1v) is 13.0. The SMILES string of the molecule is Cc1cc(N2C[C@H](C)C[C@H](C)C2)nc2ccc(NC(=O)CCC(=O)N(C)C3CCCCC3)cc12. The predicted molar refractivity (Wildman–Crippen MR) is 139 cm³/mol. The number of carbonyl (C=O) groups excluding carboxylic acids is 2. The first kappa shape index (κ1) is 24.5. The van der Waals surface area contributed by atoms with E-state index in [0.717, 1.165) is 53.9 Å². The van der Waals surface area contributed by atoms with E-state index in [4.69, 9.17) is 4.98 Å². The van der Waals surface area contributed by atoms with Crippen LogP contribution in [0.4, 0.5) is 11.5 Å². The van der Waals surface area contributed by atoms with Crippen molar-refractivity contribution in [3.63, 3.8) is 0 Å². The molecule has 2 heterocycles. The zero-order valence-corrected chi connectivity index (χ0v) is 21.3. The van der Waals surface area contributed by atoms with Gasteiger partial charge in [0.2, 0.25) is 11.8 Å². The van der Waals surface area contributed by atoms with Crippen molar-refractivity contribution in [3.8, 4) is 0 Å². The number of anilines is 2. The van der Waals surface area contributed by atoms with Crippen LogP contribution in [0.2, 0.25) is 0 Å². The average molecular weight is 465 g/mol. The normalized spacial score (nSPS) is 21.5. The molecule has 2 aliphatic rings. The summed E-state index contributed by atoms with van der Waals surface area (Å²) in [5.74, 6) is 2.33. The Bertz CT molecular complexity index is 1020. The summed E-state index contributed by atoms with van der Waals surface area (Å²) >= 11 is 0. The third kappa shape index (κ3) is 5.89. The molecule has 2 fully saturated rings. The molecule has 1 saturated carbocycles. The molecule has 6 heteroatoms. The van der Waals surface area contributed by atoms with Gasteiger partial charge < -0.3 is 15.1 Å². The molecule has 1 N–H and O–H groups in total. The second-order valence-corrected chi connectivity index (χ2v) is 10.7. The van der Waals surface area contributed by atoms with E-state index in [1.165, 1.54) is 25.7 Å². The van der Waals surface area contributed by atoms with E-state index in [0.29, 0.717) is 17.9 Å². The van der Waals surface area contributed by atoms with Gasteiger partial charge in [-0.05, 0) is 67.9 Å². The molecule has 2 atom stereocenters. The third-order valence-corrected chi connectivity index (χ3v) is 7.56. The van der Waals surface area contributed by atoms with Crippen molar-refractivity contribution < 1.29 is 9.59 Å². The Labute approximate surface area is 204 Å².